The number of nitrogens with one attached hydrogen (secondary N) is 4. The zero-order chi connectivity index (χ0) is 23.5. The molecule has 3 atom stereocenters. The van der Waals surface area contributed by atoms with Gasteiger partial charge in [0.05, 0.1) is 23.7 Å². The number of H-pyrrole nitrogens is 1. The fraction of sp³-hybridized carbons (Fsp3) is 0.500. The van der Waals surface area contributed by atoms with Crippen molar-refractivity contribution in [1.29, 1.82) is 5.26 Å². The largest absolute Gasteiger partial charge is 0.494 e. The van der Waals surface area contributed by atoms with E-state index in [1.807, 2.05) is 0 Å². The van der Waals surface area contributed by atoms with Gasteiger partial charge in [-0.05, 0) is 37.3 Å². The molecule has 2 aromatic rings. The number of benzene rings is 1. The van der Waals surface area contributed by atoms with E-state index >= 15 is 0 Å². The van der Waals surface area contributed by atoms with Gasteiger partial charge in [0.1, 0.15) is 23.3 Å². The summed E-state index contributed by atoms with van der Waals surface area (Å²) in [5.74, 6) is -0.615. The van der Waals surface area contributed by atoms with Crippen LogP contribution in [0.15, 0.2) is 12.1 Å². The standard InChI is InChI=1S/C22H25ClN6O4/c1-33-16-5-4-14(23)17-18(16)29-19(28-17)22(32)27-15(8-11-2-3-11)21(31)26-13(10-24)9-12-6-7-25-20(12)30/h4-5,11-13,15H,2-3,6-9H2,1H3,(H,25,30)(H,26,31)(H,27,32)(H,28,29)/t12?,13-,15-/m0/s1. The fourth-order valence-corrected chi connectivity index (χ4v) is 4.22. The van der Waals surface area contributed by atoms with E-state index in [1.54, 1.807) is 12.1 Å². The molecule has 2 heterocycles. The molecule has 10 nitrogen and oxygen atoms in total. The molecular formula is C22H25ClN6O4. The van der Waals surface area contributed by atoms with Crippen LogP contribution in [0, 0.1) is 23.2 Å². The summed E-state index contributed by atoms with van der Waals surface area (Å²) >= 11 is 6.21. The molecule has 0 radical (unpaired) electrons. The lowest BCUT2D eigenvalue weighted by Gasteiger charge is -2.21. The Morgan fingerprint density at radius 3 is 2.73 bits per heavy atom. The van der Waals surface area contributed by atoms with Gasteiger partial charge in [0.15, 0.2) is 5.82 Å². The average molecular weight is 473 g/mol. The first kappa shape index (κ1) is 22.9. The number of methoxy groups -OCH3 is 1. The van der Waals surface area contributed by atoms with E-state index in [-0.39, 0.29) is 24.1 Å². The Kier molecular flexibility index (Phi) is 6.70. The number of amides is 3. The third kappa shape index (κ3) is 5.20. The van der Waals surface area contributed by atoms with Crippen LogP contribution in [-0.4, -0.2) is 53.4 Å². The number of carbonyl (C=O) groups excluding carboxylic acids is 3. The summed E-state index contributed by atoms with van der Waals surface area (Å²) in [6.07, 6.45) is 3.30. The van der Waals surface area contributed by atoms with E-state index in [1.165, 1.54) is 7.11 Å². The molecule has 3 amide bonds. The van der Waals surface area contributed by atoms with Crippen molar-refractivity contribution in [3.63, 3.8) is 0 Å². The second-order valence-electron chi connectivity index (χ2n) is 8.47. The van der Waals surface area contributed by atoms with E-state index < -0.39 is 23.9 Å². The number of ether oxygens (including phenoxy) is 1. The van der Waals surface area contributed by atoms with Gasteiger partial charge in [-0.1, -0.05) is 24.4 Å². The van der Waals surface area contributed by atoms with Gasteiger partial charge in [-0.2, -0.15) is 5.26 Å². The Labute approximate surface area is 195 Å². The molecule has 0 spiro atoms. The predicted molar refractivity (Wildman–Crippen MR) is 120 cm³/mol. The molecule has 4 rings (SSSR count). The molecule has 2 aliphatic rings. The van der Waals surface area contributed by atoms with Crippen molar-refractivity contribution in [2.24, 2.45) is 11.8 Å². The number of halogens is 1. The lowest BCUT2D eigenvalue weighted by atomic mass is 9.98. The Balaban J connectivity index is 1.47. The van der Waals surface area contributed by atoms with Gasteiger partial charge in [-0.25, -0.2) is 4.98 Å². The average Bonchev–Trinajstić information content (AvgIpc) is 3.34. The lowest BCUT2D eigenvalue weighted by molar-refractivity contribution is -0.125. The quantitative estimate of drug-likeness (QED) is 0.436. The smallest absolute Gasteiger partial charge is 0.287 e. The molecule has 1 aliphatic heterocycles. The molecule has 4 N–H and O–H groups in total. The summed E-state index contributed by atoms with van der Waals surface area (Å²) in [5, 5.41) is 18.0. The van der Waals surface area contributed by atoms with Gasteiger partial charge in [-0.3, -0.25) is 14.4 Å². The highest BCUT2D eigenvalue weighted by Gasteiger charge is 2.33. The van der Waals surface area contributed by atoms with Crippen molar-refractivity contribution in [3.05, 3.63) is 23.0 Å². The highest BCUT2D eigenvalue weighted by atomic mass is 35.5. The van der Waals surface area contributed by atoms with Crippen LogP contribution < -0.4 is 20.7 Å². The molecule has 1 aromatic carbocycles. The number of carbonyl (C=O) groups is 3. The van der Waals surface area contributed by atoms with Crippen molar-refractivity contribution in [3.8, 4) is 11.8 Å². The summed E-state index contributed by atoms with van der Waals surface area (Å²) < 4.78 is 5.28. The second kappa shape index (κ2) is 9.67. The second-order valence-corrected chi connectivity index (χ2v) is 8.87. The fourth-order valence-electron chi connectivity index (χ4n) is 4.02. The Bertz CT molecular complexity index is 1120. The highest BCUT2D eigenvalue weighted by molar-refractivity contribution is 6.35. The third-order valence-electron chi connectivity index (χ3n) is 6.04. The highest BCUT2D eigenvalue weighted by Crippen LogP contribution is 2.34. The molecule has 0 bridgehead atoms. The monoisotopic (exact) mass is 472 g/mol. The Morgan fingerprint density at radius 1 is 1.30 bits per heavy atom. The summed E-state index contributed by atoms with van der Waals surface area (Å²) in [5.41, 5.74) is 0.876. The zero-order valence-corrected chi connectivity index (χ0v) is 18.9. The predicted octanol–water partition coefficient (Wildman–Crippen LogP) is 1.66. The third-order valence-corrected chi connectivity index (χ3v) is 6.35. The molecule has 1 aliphatic carbocycles. The Hall–Kier alpha value is -3.32. The summed E-state index contributed by atoms with van der Waals surface area (Å²) in [4.78, 5) is 44.9. The first-order valence-electron chi connectivity index (χ1n) is 10.9. The van der Waals surface area contributed by atoms with Crippen LogP contribution in [0.2, 0.25) is 5.02 Å². The summed E-state index contributed by atoms with van der Waals surface area (Å²) in [6, 6.07) is 3.70. The maximum Gasteiger partial charge on any atom is 0.287 e. The van der Waals surface area contributed by atoms with E-state index in [0.29, 0.717) is 47.1 Å². The van der Waals surface area contributed by atoms with Gasteiger partial charge < -0.3 is 25.7 Å². The van der Waals surface area contributed by atoms with Crippen LogP contribution in [-0.2, 0) is 9.59 Å². The maximum atomic E-state index is 13.0. The number of imidazole rings is 1. The van der Waals surface area contributed by atoms with Crippen molar-refractivity contribution in [2.75, 3.05) is 13.7 Å². The minimum atomic E-state index is -0.830. The van der Waals surface area contributed by atoms with Gasteiger partial charge in [-0.15, -0.1) is 0 Å². The van der Waals surface area contributed by atoms with E-state index in [2.05, 4.69) is 32.0 Å². The molecule has 174 valence electrons. The van der Waals surface area contributed by atoms with Gasteiger partial charge in [0.2, 0.25) is 11.8 Å². The molecule has 1 saturated heterocycles. The lowest BCUT2D eigenvalue weighted by Crippen LogP contribution is -2.50. The molecule has 11 heteroatoms. The first-order valence-corrected chi connectivity index (χ1v) is 11.3. The molecule has 33 heavy (non-hydrogen) atoms. The Morgan fingerprint density at radius 2 is 2.09 bits per heavy atom. The molecule has 1 aromatic heterocycles. The first-order chi connectivity index (χ1) is 15.9. The SMILES string of the molecule is COc1ccc(Cl)c2[nH]c(C(=O)N[C@@H](CC3CC3)C(=O)N[C@H](C#N)CC3CCNC3=O)nc12. The number of aromatic nitrogens is 2. The summed E-state index contributed by atoms with van der Waals surface area (Å²) in [7, 11) is 1.49. The number of hydrogen-bond acceptors (Lipinski definition) is 6. The minimum Gasteiger partial charge on any atom is -0.494 e. The van der Waals surface area contributed by atoms with E-state index in [4.69, 9.17) is 16.3 Å². The van der Waals surface area contributed by atoms with Crippen LogP contribution in [0.25, 0.3) is 11.0 Å². The van der Waals surface area contributed by atoms with E-state index in [9.17, 15) is 19.6 Å². The van der Waals surface area contributed by atoms with Crippen molar-refractivity contribution in [2.45, 2.75) is 44.2 Å². The number of fused-ring (bicyclic) bond motifs is 1. The van der Waals surface area contributed by atoms with Crippen LogP contribution in [0.1, 0.15) is 42.7 Å². The van der Waals surface area contributed by atoms with Gasteiger partial charge in [0, 0.05) is 12.5 Å². The number of hydrogen-bond donors (Lipinski definition) is 4. The van der Waals surface area contributed by atoms with Crippen LogP contribution >= 0.6 is 11.6 Å². The number of nitrogens with zero attached hydrogens (tertiary/aromatic N) is 2. The number of rotatable bonds is 9. The molecule has 2 fully saturated rings. The number of aromatic amines is 1. The van der Waals surface area contributed by atoms with E-state index in [0.717, 1.165) is 12.8 Å². The van der Waals surface area contributed by atoms with Gasteiger partial charge >= 0.3 is 0 Å². The van der Waals surface area contributed by atoms with Crippen LogP contribution in [0.5, 0.6) is 5.75 Å². The zero-order valence-electron chi connectivity index (χ0n) is 18.1. The van der Waals surface area contributed by atoms with Crippen molar-refractivity contribution < 1.29 is 19.1 Å². The molecular weight excluding hydrogens is 448 g/mol. The maximum absolute atomic E-state index is 13.0. The topological polar surface area (TPSA) is 149 Å². The number of nitriles is 1. The summed E-state index contributed by atoms with van der Waals surface area (Å²) in [6.45, 7) is 0.572. The molecule has 1 unspecified atom stereocenters. The van der Waals surface area contributed by atoms with Crippen LogP contribution in [0.4, 0.5) is 0 Å². The van der Waals surface area contributed by atoms with Gasteiger partial charge in [0.25, 0.3) is 5.91 Å². The minimum absolute atomic E-state index is 0.00413. The molecule has 1 saturated carbocycles. The van der Waals surface area contributed by atoms with Crippen molar-refractivity contribution >= 4 is 40.4 Å². The normalized spacial score (nSPS) is 19.4. The van der Waals surface area contributed by atoms with Crippen molar-refractivity contribution in [1.82, 2.24) is 25.9 Å². The van der Waals surface area contributed by atoms with Crippen LogP contribution in [0.3, 0.4) is 0 Å².